The van der Waals surface area contributed by atoms with Crippen LogP contribution in [0.3, 0.4) is 0 Å². The molecule has 1 atom stereocenters. The lowest BCUT2D eigenvalue weighted by atomic mass is 10.1. The van der Waals surface area contributed by atoms with Crippen molar-refractivity contribution in [1.82, 2.24) is 9.55 Å². The fourth-order valence-corrected chi connectivity index (χ4v) is 4.06. The van der Waals surface area contributed by atoms with E-state index in [0.29, 0.717) is 19.5 Å². The Hall–Kier alpha value is -3.03. The van der Waals surface area contributed by atoms with Crippen molar-refractivity contribution in [3.05, 3.63) is 50.7 Å². The largest absolute Gasteiger partial charge is 0.383 e. The van der Waals surface area contributed by atoms with E-state index in [2.05, 4.69) is 22.9 Å². The summed E-state index contributed by atoms with van der Waals surface area (Å²) in [5.41, 5.74) is 7.39. The van der Waals surface area contributed by atoms with Gasteiger partial charge in [-0.25, -0.2) is 4.79 Å². The predicted octanol–water partition coefficient (Wildman–Crippen LogP) is 2.11. The second-order valence-electron chi connectivity index (χ2n) is 7.85. The highest BCUT2D eigenvalue weighted by Crippen LogP contribution is 2.32. The highest BCUT2D eigenvalue weighted by Gasteiger charge is 2.30. The highest BCUT2D eigenvalue weighted by atomic mass is 16.2. The lowest BCUT2D eigenvalue weighted by Gasteiger charge is -2.29. The molecule has 1 aliphatic rings. The molecule has 0 saturated carbocycles. The van der Waals surface area contributed by atoms with Crippen LogP contribution < -0.4 is 26.8 Å². The average Bonchev–Trinajstić information content (AvgIpc) is 3.02. The number of nitrogens with one attached hydrogen (secondary N) is 1. The van der Waals surface area contributed by atoms with E-state index in [1.165, 1.54) is 15.0 Å². The number of hydrogen-bond donors (Lipinski definition) is 2. The van der Waals surface area contributed by atoms with Crippen LogP contribution in [0.15, 0.2) is 33.9 Å². The number of anilines is 3. The zero-order valence-corrected chi connectivity index (χ0v) is 18.0. The fraction of sp³-hybridized carbons (Fsp3) is 0.500. The Balaban J connectivity index is 1.97. The third-order valence-corrected chi connectivity index (χ3v) is 5.62. The van der Waals surface area contributed by atoms with Crippen molar-refractivity contribution in [2.45, 2.75) is 59.0 Å². The number of unbranched alkanes of at least 4 members (excludes halogenated alkanes) is 1. The Morgan fingerprint density at radius 1 is 1.23 bits per heavy atom. The van der Waals surface area contributed by atoms with Gasteiger partial charge in [0, 0.05) is 24.8 Å². The molecule has 2 heterocycles. The molecule has 8 heteroatoms. The van der Waals surface area contributed by atoms with Crippen molar-refractivity contribution in [2.75, 3.05) is 28.6 Å². The first-order valence-electron chi connectivity index (χ1n) is 10.7. The molecule has 1 aromatic carbocycles. The Morgan fingerprint density at radius 3 is 2.67 bits per heavy atom. The Kier molecular flexibility index (Phi) is 6.64. The summed E-state index contributed by atoms with van der Waals surface area (Å²) in [5.74, 6) is -0.157. The zero-order valence-electron chi connectivity index (χ0n) is 18.0. The molecule has 3 rings (SSSR count). The number of amides is 1. The summed E-state index contributed by atoms with van der Waals surface area (Å²) in [7, 11) is 0. The number of nitrogens with zero attached hydrogens (tertiary/aromatic N) is 3. The lowest BCUT2D eigenvalue weighted by molar-refractivity contribution is -0.117. The summed E-state index contributed by atoms with van der Waals surface area (Å²) < 4.78 is 1.33. The maximum Gasteiger partial charge on any atom is 0.330 e. The van der Waals surface area contributed by atoms with E-state index in [4.69, 9.17) is 5.73 Å². The van der Waals surface area contributed by atoms with Crippen LogP contribution in [0.5, 0.6) is 0 Å². The topological polar surface area (TPSA) is 104 Å². The maximum absolute atomic E-state index is 13.4. The third kappa shape index (κ3) is 4.13. The van der Waals surface area contributed by atoms with E-state index in [0.717, 1.165) is 24.9 Å². The second kappa shape index (κ2) is 9.19. The molecule has 1 aliphatic heterocycles. The number of para-hydroxylation sites is 1. The summed E-state index contributed by atoms with van der Waals surface area (Å²) in [4.78, 5) is 44.1. The SMILES string of the molecule is CCCCN(C(=O)CN1c2ccccc2C[C@@H]1C)c1c(N)n(CCC)c(=O)[nH]c1=O. The van der Waals surface area contributed by atoms with Crippen molar-refractivity contribution in [3.8, 4) is 0 Å². The number of benzene rings is 1. The van der Waals surface area contributed by atoms with Gasteiger partial charge in [-0.1, -0.05) is 38.5 Å². The van der Waals surface area contributed by atoms with E-state index >= 15 is 0 Å². The van der Waals surface area contributed by atoms with Crippen LogP contribution in [0, 0.1) is 0 Å². The van der Waals surface area contributed by atoms with E-state index in [-0.39, 0.29) is 30.0 Å². The number of rotatable bonds is 8. The van der Waals surface area contributed by atoms with Crippen molar-refractivity contribution in [1.29, 1.82) is 0 Å². The van der Waals surface area contributed by atoms with Crippen LogP contribution in [0.4, 0.5) is 17.2 Å². The number of carbonyl (C=O) groups excluding carboxylic acids is 1. The Labute approximate surface area is 176 Å². The van der Waals surface area contributed by atoms with Crippen molar-refractivity contribution >= 4 is 23.1 Å². The number of H-pyrrole nitrogens is 1. The summed E-state index contributed by atoms with van der Waals surface area (Å²) in [6.45, 7) is 6.92. The van der Waals surface area contributed by atoms with Gasteiger partial charge < -0.3 is 15.5 Å². The molecule has 8 nitrogen and oxygen atoms in total. The van der Waals surface area contributed by atoms with Gasteiger partial charge in [-0.15, -0.1) is 0 Å². The van der Waals surface area contributed by atoms with Gasteiger partial charge in [0.15, 0.2) is 5.69 Å². The average molecular weight is 414 g/mol. The summed E-state index contributed by atoms with van der Waals surface area (Å²) in [5, 5.41) is 0. The van der Waals surface area contributed by atoms with Gasteiger partial charge >= 0.3 is 5.69 Å². The number of nitrogen functional groups attached to an aromatic ring is 1. The second-order valence-corrected chi connectivity index (χ2v) is 7.85. The molecule has 2 aromatic rings. The minimum absolute atomic E-state index is 0.0462. The minimum atomic E-state index is -0.621. The zero-order chi connectivity index (χ0) is 21.8. The lowest BCUT2D eigenvalue weighted by Crippen LogP contribution is -2.46. The van der Waals surface area contributed by atoms with Crippen LogP contribution in [-0.2, 0) is 17.8 Å². The standard InChI is InChI=1S/C22H31N5O3/c1-4-6-12-25(19-20(23)26(11-5-2)22(30)24-21(19)29)18(28)14-27-15(3)13-16-9-7-8-10-17(16)27/h7-10,15H,4-6,11-14,23H2,1-3H3,(H,24,29,30)/t15-/m0/s1. The van der Waals surface area contributed by atoms with Gasteiger partial charge in [0.05, 0.1) is 6.54 Å². The molecule has 0 bridgehead atoms. The predicted molar refractivity (Wildman–Crippen MR) is 120 cm³/mol. The van der Waals surface area contributed by atoms with Crippen molar-refractivity contribution in [2.24, 2.45) is 0 Å². The first-order chi connectivity index (χ1) is 14.4. The quantitative estimate of drug-likeness (QED) is 0.690. The molecule has 1 amide bonds. The molecule has 0 fully saturated rings. The normalized spacial score (nSPS) is 15.3. The number of hydrogen-bond acceptors (Lipinski definition) is 5. The van der Waals surface area contributed by atoms with Crippen LogP contribution in [-0.4, -0.2) is 34.6 Å². The highest BCUT2D eigenvalue weighted by molar-refractivity contribution is 5.98. The Bertz CT molecular complexity index is 1030. The minimum Gasteiger partial charge on any atom is -0.383 e. The van der Waals surface area contributed by atoms with Crippen LogP contribution in [0.1, 0.15) is 45.6 Å². The molecule has 30 heavy (non-hydrogen) atoms. The summed E-state index contributed by atoms with van der Waals surface area (Å²) >= 11 is 0. The van der Waals surface area contributed by atoms with E-state index in [1.807, 2.05) is 32.0 Å². The van der Waals surface area contributed by atoms with E-state index < -0.39 is 11.2 Å². The third-order valence-electron chi connectivity index (χ3n) is 5.62. The molecule has 0 unspecified atom stereocenters. The molecular weight excluding hydrogens is 382 g/mol. The van der Waals surface area contributed by atoms with E-state index in [1.54, 1.807) is 0 Å². The van der Waals surface area contributed by atoms with E-state index in [9.17, 15) is 14.4 Å². The van der Waals surface area contributed by atoms with Gasteiger partial charge in [0.2, 0.25) is 5.91 Å². The van der Waals surface area contributed by atoms with Gasteiger partial charge in [0.1, 0.15) is 5.82 Å². The first kappa shape index (κ1) is 21.7. The molecule has 3 N–H and O–H groups in total. The van der Waals surface area contributed by atoms with Crippen LogP contribution in [0.25, 0.3) is 0 Å². The van der Waals surface area contributed by atoms with Gasteiger partial charge in [-0.05, 0) is 37.8 Å². The number of aromatic nitrogens is 2. The van der Waals surface area contributed by atoms with Crippen molar-refractivity contribution in [3.63, 3.8) is 0 Å². The molecule has 0 radical (unpaired) electrons. The summed E-state index contributed by atoms with van der Waals surface area (Å²) in [6.07, 6.45) is 3.14. The smallest absolute Gasteiger partial charge is 0.330 e. The molecular formula is C22H31N5O3. The maximum atomic E-state index is 13.4. The molecule has 0 aliphatic carbocycles. The number of fused-ring (bicyclic) bond motifs is 1. The molecule has 0 saturated heterocycles. The van der Waals surface area contributed by atoms with Crippen LogP contribution in [0.2, 0.25) is 0 Å². The first-order valence-corrected chi connectivity index (χ1v) is 10.7. The van der Waals surface area contributed by atoms with Crippen LogP contribution >= 0.6 is 0 Å². The van der Waals surface area contributed by atoms with Crippen molar-refractivity contribution < 1.29 is 4.79 Å². The fourth-order valence-electron chi connectivity index (χ4n) is 4.06. The molecule has 0 spiro atoms. The number of carbonyl (C=O) groups is 1. The van der Waals surface area contributed by atoms with Gasteiger partial charge in [0.25, 0.3) is 5.56 Å². The number of nitrogens with two attached hydrogens (primary N) is 1. The molecule has 162 valence electrons. The summed E-state index contributed by atoms with van der Waals surface area (Å²) in [6, 6.07) is 8.25. The van der Waals surface area contributed by atoms with Gasteiger partial charge in [-0.2, -0.15) is 0 Å². The Morgan fingerprint density at radius 2 is 1.97 bits per heavy atom. The molecule has 1 aromatic heterocycles. The number of aromatic amines is 1. The monoisotopic (exact) mass is 413 g/mol. The van der Waals surface area contributed by atoms with Gasteiger partial charge in [-0.3, -0.25) is 19.1 Å².